The minimum Gasteiger partial charge on any atom is -0.308 e. The van der Waals surface area contributed by atoms with Gasteiger partial charge in [0.25, 0.3) is 0 Å². The summed E-state index contributed by atoms with van der Waals surface area (Å²) in [6.07, 6.45) is 2.04. The third-order valence-electron chi connectivity index (χ3n) is 1.41. The Balaban J connectivity index is 3.21. The summed E-state index contributed by atoms with van der Waals surface area (Å²) in [4.78, 5) is 11.3. The first-order chi connectivity index (χ1) is 4.68. The van der Waals surface area contributed by atoms with Gasteiger partial charge in [-0.2, -0.15) is 0 Å². The molecule has 0 aromatic heterocycles. The van der Waals surface area contributed by atoms with Crippen molar-refractivity contribution in [2.75, 3.05) is 13.6 Å². The molecule has 1 amide bonds. The Kier molecular flexibility index (Phi) is 4.72. The molecule has 0 saturated heterocycles. The number of amides is 1. The van der Waals surface area contributed by atoms with Crippen molar-refractivity contribution >= 4 is 6.09 Å². The van der Waals surface area contributed by atoms with Gasteiger partial charge < -0.3 is 4.90 Å². The average molecular weight is 144 g/mol. The van der Waals surface area contributed by atoms with E-state index in [9.17, 15) is 9.90 Å². The van der Waals surface area contributed by atoms with Crippen molar-refractivity contribution in [3.05, 3.63) is 0 Å². The van der Waals surface area contributed by atoms with E-state index in [1.54, 1.807) is 0 Å². The monoisotopic (exact) mass is 144 g/mol. The summed E-state index contributed by atoms with van der Waals surface area (Å²) in [6, 6.07) is 0. The molecule has 0 aromatic rings. The quantitative estimate of drug-likeness (QED) is 0.553. The first-order valence-corrected chi connectivity index (χ1v) is 3.60. The van der Waals surface area contributed by atoms with Gasteiger partial charge in [0.05, 0.1) is 0 Å². The van der Waals surface area contributed by atoms with Crippen LogP contribution < -0.4 is 0 Å². The molecule has 1 radical (unpaired) electrons. The van der Waals surface area contributed by atoms with Crippen LogP contribution in [-0.2, 0) is 5.11 Å². The molecule has 0 aliphatic heterocycles. The molecule has 3 heteroatoms. The van der Waals surface area contributed by atoms with E-state index in [1.807, 2.05) is 0 Å². The summed E-state index contributed by atoms with van der Waals surface area (Å²) in [5, 5.41) is 10.1. The summed E-state index contributed by atoms with van der Waals surface area (Å²) in [6.45, 7) is 2.68. The maximum Gasteiger partial charge on any atom is 0.452 e. The summed E-state index contributed by atoms with van der Waals surface area (Å²) < 4.78 is 0. The molecule has 0 aromatic carbocycles. The summed E-state index contributed by atoms with van der Waals surface area (Å²) in [7, 11) is 1.53. The molecule has 0 aliphatic carbocycles. The fourth-order valence-corrected chi connectivity index (χ4v) is 0.690. The molecular weight excluding hydrogens is 130 g/mol. The van der Waals surface area contributed by atoms with Crippen molar-refractivity contribution in [1.82, 2.24) is 4.90 Å². The molecule has 10 heavy (non-hydrogen) atoms. The van der Waals surface area contributed by atoms with Gasteiger partial charge in [0, 0.05) is 13.6 Å². The average Bonchev–Trinajstić information content (AvgIpc) is 1.88. The molecule has 0 fully saturated rings. The van der Waals surface area contributed by atoms with Crippen LogP contribution in [0.4, 0.5) is 4.79 Å². The molecule has 59 valence electrons. The van der Waals surface area contributed by atoms with E-state index in [4.69, 9.17) is 0 Å². The van der Waals surface area contributed by atoms with Gasteiger partial charge in [0.1, 0.15) is 0 Å². The third-order valence-corrected chi connectivity index (χ3v) is 1.41. The normalized spacial score (nSPS) is 9.40. The molecule has 3 nitrogen and oxygen atoms in total. The molecule has 0 atom stereocenters. The first-order valence-electron chi connectivity index (χ1n) is 3.60. The van der Waals surface area contributed by atoms with Crippen molar-refractivity contribution in [2.24, 2.45) is 0 Å². The van der Waals surface area contributed by atoms with Crippen LogP contribution in [0.1, 0.15) is 26.2 Å². The summed E-state index contributed by atoms with van der Waals surface area (Å²) in [5.74, 6) is 0. The number of nitrogens with zero attached hydrogens (tertiary/aromatic N) is 1. The Morgan fingerprint density at radius 1 is 1.40 bits per heavy atom. The van der Waals surface area contributed by atoms with Gasteiger partial charge in [-0.25, -0.2) is 9.90 Å². The van der Waals surface area contributed by atoms with Crippen LogP contribution in [0.15, 0.2) is 0 Å². The molecule has 0 unspecified atom stereocenters. The fourth-order valence-electron chi connectivity index (χ4n) is 0.690. The van der Waals surface area contributed by atoms with Crippen molar-refractivity contribution in [2.45, 2.75) is 26.2 Å². The second-order valence-corrected chi connectivity index (χ2v) is 2.39. The predicted molar refractivity (Wildman–Crippen MR) is 38.2 cm³/mol. The van der Waals surface area contributed by atoms with Crippen LogP contribution in [0.3, 0.4) is 0 Å². The zero-order valence-corrected chi connectivity index (χ0v) is 6.59. The van der Waals surface area contributed by atoms with E-state index in [0.717, 1.165) is 19.3 Å². The number of unbranched alkanes of at least 4 members (excludes halogenated alkanes) is 2. The van der Waals surface area contributed by atoms with Gasteiger partial charge in [-0.3, -0.25) is 0 Å². The third kappa shape index (κ3) is 4.18. The second kappa shape index (κ2) is 5.09. The molecule has 0 bridgehead atoms. The lowest BCUT2D eigenvalue weighted by Gasteiger charge is -2.09. The molecular formula is C7H14NO2. The number of rotatable bonds is 4. The van der Waals surface area contributed by atoms with E-state index in [-0.39, 0.29) is 0 Å². The van der Waals surface area contributed by atoms with Gasteiger partial charge in [-0.15, -0.1) is 0 Å². The van der Waals surface area contributed by atoms with Crippen molar-refractivity contribution in [3.63, 3.8) is 0 Å². The van der Waals surface area contributed by atoms with Gasteiger partial charge >= 0.3 is 6.09 Å². The molecule has 0 saturated carbocycles. The highest BCUT2D eigenvalue weighted by atomic mass is 16.4. The van der Waals surface area contributed by atoms with E-state index < -0.39 is 6.09 Å². The molecule has 0 heterocycles. The van der Waals surface area contributed by atoms with Gasteiger partial charge in [0.2, 0.25) is 0 Å². The highest BCUT2D eigenvalue weighted by molar-refractivity contribution is 5.63. The van der Waals surface area contributed by atoms with Crippen molar-refractivity contribution < 1.29 is 9.90 Å². The van der Waals surface area contributed by atoms with Crippen molar-refractivity contribution in [1.29, 1.82) is 0 Å². The molecule has 0 rings (SSSR count). The molecule has 0 N–H and O–H groups in total. The van der Waals surface area contributed by atoms with E-state index >= 15 is 0 Å². The van der Waals surface area contributed by atoms with E-state index in [2.05, 4.69) is 6.92 Å². The number of hydrogen-bond donors (Lipinski definition) is 0. The van der Waals surface area contributed by atoms with E-state index in [1.165, 1.54) is 11.9 Å². The summed E-state index contributed by atoms with van der Waals surface area (Å²) >= 11 is 0. The van der Waals surface area contributed by atoms with Crippen LogP contribution in [0.5, 0.6) is 0 Å². The Labute approximate surface area is 61.6 Å². The lowest BCUT2D eigenvalue weighted by Crippen LogP contribution is -2.24. The zero-order valence-electron chi connectivity index (χ0n) is 6.59. The maximum absolute atomic E-state index is 10.1. The largest absolute Gasteiger partial charge is 0.452 e. The SMILES string of the molecule is CCCCCN(C)C([O])=O. The minimum absolute atomic E-state index is 0.593. The van der Waals surface area contributed by atoms with Gasteiger partial charge in [-0.05, 0) is 6.42 Å². The second-order valence-electron chi connectivity index (χ2n) is 2.39. The Morgan fingerprint density at radius 3 is 2.40 bits per heavy atom. The zero-order chi connectivity index (χ0) is 7.98. The number of carbonyl (C=O) groups is 1. The van der Waals surface area contributed by atoms with Gasteiger partial charge in [0.15, 0.2) is 0 Å². The number of hydrogen-bond acceptors (Lipinski definition) is 1. The fraction of sp³-hybridized carbons (Fsp3) is 0.857. The smallest absolute Gasteiger partial charge is 0.308 e. The topological polar surface area (TPSA) is 40.2 Å². The van der Waals surface area contributed by atoms with Crippen molar-refractivity contribution in [3.8, 4) is 0 Å². The maximum atomic E-state index is 10.1. The first kappa shape index (κ1) is 9.27. The summed E-state index contributed by atoms with van der Waals surface area (Å²) in [5.41, 5.74) is 0. The molecule has 0 aliphatic rings. The predicted octanol–water partition coefficient (Wildman–Crippen LogP) is 1.66. The van der Waals surface area contributed by atoms with Crippen LogP contribution >= 0.6 is 0 Å². The van der Waals surface area contributed by atoms with Crippen LogP contribution in [0.25, 0.3) is 0 Å². The Hall–Kier alpha value is -0.730. The Bertz CT molecular complexity index is 104. The Morgan fingerprint density at radius 2 is 2.00 bits per heavy atom. The van der Waals surface area contributed by atoms with Crippen LogP contribution in [-0.4, -0.2) is 24.6 Å². The van der Waals surface area contributed by atoms with E-state index in [0.29, 0.717) is 6.54 Å². The van der Waals surface area contributed by atoms with Gasteiger partial charge in [-0.1, -0.05) is 19.8 Å². The molecule has 0 spiro atoms. The lowest BCUT2D eigenvalue weighted by atomic mass is 10.2. The lowest BCUT2D eigenvalue weighted by molar-refractivity contribution is 0.129. The standard InChI is InChI=1S/C7H14NO2/c1-3-4-5-6-8(2)7(9)10/h3-6H2,1-2H3. The minimum atomic E-state index is -1.09. The number of carbonyl (C=O) groups excluding carboxylic acids is 1. The van der Waals surface area contributed by atoms with Crippen LogP contribution in [0, 0.1) is 0 Å². The highest BCUT2D eigenvalue weighted by Gasteiger charge is 2.04. The van der Waals surface area contributed by atoms with Crippen LogP contribution in [0.2, 0.25) is 0 Å². The highest BCUT2D eigenvalue weighted by Crippen LogP contribution is 1.95.